The normalized spacial score (nSPS) is 10.2. The van der Waals surface area contributed by atoms with Crippen molar-refractivity contribution in [3.63, 3.8) is 0 Å². The molecular weight excluding hydrogens is 259 g/mol. The predicted molar refractivity (Wildman–Crippen MR) is 66.2 cm³/mol. The summed E-state index contributed by atoms with van der Waals surface area (Å²) in [7, 11) is 0. The lowest BCUT2D eigenvalue weighted by Crippen LogP contribution is -2.22. The first-order chi connectivity index (χ1) is 8.09. The number of carboxylic acids is 1. The van der Waals surface area contributed by atoms with Gasteiger partial charge in [-0.1, -0.05) is 53.5 Å². The monoisotopic (exact) mass is 265 g/mol. The van der Waals surface area contributed by atoms with Gasteiger partial charge in [0.25, 0.3) is 0 Å². The molecule has 17 heavy (non-hydrogen) atoms. The van der Waals surface area contributed by atoms with Gasteiger partial charge in [0.05, 0.1) is 11.0 Å². The van der Waals surface area contributed by atoms with E-state index in [-0.39, 0.29) is 10.6 Å². The first kappa shape index (κ1) is 12.0. The van der Waals surface area contributed by atoms with Gasteiger partial charge in [-0.15, -0.1) is 0 Å². The van der Waals surface area contributed by atoms with Gasteiger partial charge in [-0.2, -0.15) is 0 Å². The van der Waals surface area contributed by atoms with Gasteiger partial charge in [0.15, 0.2) is 0 Å². The fourth-order valence-electron chi connectivity index (χ4n) is 1.54. The van der Waals surface area contributed by atoms with E-state index in [1.54, 1.807) is 18.2 Å². The maximum absolute atomic E-state index is 10.7. The maximum Gasteiger partial charge on any atom is 0.0730 e. The van der Waals surface area contributed by atoms with Crippen molar-refractivity contribution in [2.45, 2.75) is 0 Å². The standard InChI is InChI=1S/C13H8Cl2O2/c14-11-4-2-1-3-9(11)8-5-6-10(13(16)17)12(15)7-8/h1-7H,(H,16,17)/p-1. The van der Waals surface area contributed by atoms with Gasteiger partial charge in [0.2, 0.25) is 0 Å². The van der Waals surface area contributed by atoms with E-state index in [1.807, 2.05) is 18.2 Å². The summed E-state index contributed by atoms with van der Waals surface area (Å²) in [4.78, 5) is 10.7. The fraction of sp³-hybridized carbons (Fsp3) is 0. The maximum atomic E-state index is 10.7. The molecule has 0 radical (unpaired) electrons. The molecule has 2 aromatic rings. The number of carbonyl (C=O) groups is 1. The third kappa shape index (κ3) is 2.43. The lowest BCUT2D eigenvalue weighted by molar-refractivity contribution is -0.255. The van der Waals surface area contributed by atoms with Gasteiger partial charge in [0, 0.05) is 16.1 Å². The van der Waals surface area contributed by atoms with Crippen LogP contribution in [0.25, 0.3) is 11.1 Å². The van der Waals surface area contributed by atoms with E-state index >= 15 is 0 Å². The SMILES string of the molecule is O=C([O-])c1ccc(-c2ccccc2Cl)cc1Cl. The van der Waals surface area contributed by atoms with Crippen LogP contribution in [0.3, 0.4) is 0 Å². The molecule has 0 amide bonds. The average Bonchev–Trinajstić information content (AvgIpc) is 2.29. The van der Waals surface area contributed by atoms with Crippen LogP contribution in [0.2, 0.25) is 10.0 Å². The van der Waals surface area contributed by atoms with Crippen LogP contribution in [0.4, 0.5) is 0 Å². The zero-order valence-electron chi connectivity index (χ0n) is 8.61. The van der Waals surface area contributed by atoms with Crippen LogP contribution in [0.5, 0.6) is 0 Å². The smallest absolute Gasteiger partial charge is 0.0730 e. The van der Waals surface area contributed by atoms with E-state index in [9.17, 15) is 9.90 Å². The number of carbonyl (C=O) groups excluding carboxylic acids is 1. The molecular formula is C13H7Cl2O2-. The number of rotatable bonds is 2. The van der Waals surface area contributed by atoms with Gasteiger partial charge in [-0.25, -0.2) is 0 Å². The van der Waals surface area contributed by atoms with Crippen LogP contribution < -0.4 is 5.11 Å². The number of halogens is 2. The Kier molecular flexibility index (Phi) is 3.36. The molecule has 2 nitrogen and oxygen atoms in total. The van der Waals surface area contributed by atoms with Crippen molar-refractivity contribution in [2.75, 3.05) is 0 Å². The second-order valence-corrected chi connectivity index (χ2v) is 4.28. The van der Waals surface area contributed by atoms with E-state index in [2.05, 4.69) is 0 Å². The van der Waals surface area contributed by atoms with Crippen LogP contribution in [-0.2, 0) is 0 Å². The number of carboxylic acid groups (broad SMARTS) is 1. The largest absolute Gasteiger partial charge is 0.545 e. The highest BCUT2D eigenvalue weighted by Crippen LogP contribution is 2.30. The zero-order chi connectivity index (χ0) is 12.4. The third-order valence-corrected chi connectivity index (χ3v) is 3.02. The van der Waals surface area contributed by atoms with Crippen molar-refractivity contribution >= 4 is 29.2 Å². The molecule has 0 saturated heterocycles. The molecule has 0 spiro atoms. The number of benzene rings is 2. The van der Waals surface area contributed by atoms with Gasteiger partial charge in [-0.3, -0.25) is 0 Å². The molecule has 0 aliphatic heterocycles. The Morgan fingerprint density at radius 2 is 1.71 bits per heavy atom. The molecule has 2 aromatic carbocycles. The summed E-state index contributed by atoms with van der Waals surface area (Å²) in [5.74, 6) is -1.29. The second-order valence-electron chi connectivity index (χ2n) is 3.46. The molecule has 4 heteroatoms. The molecule has 0 saturated carbocycles. The van der Waals surface area contributed by atoms with Crippen molar-refractivity contribution in [1.29, 1.82) is 0 Å². The first-order valence-corrected chi connectivity index (χ1v) is 5.61. The molecule has 0 unspecified atom stereocenters. The minimum absolute atomic E-state index is 0.0255. The van der Waals surface area contributed by atoms with Crippen molar-refractivity contribution in [2.24, 2.45) is 0 Å². The Hall–Kier alpha value is -1.51. The minimum atomic E-state index is -1.29. The molecule has 0 atom stereocenters. The summed E-state index contributed by atoms with van der Waals surface area (Å²) in [5, 5.41) is 11.4. The highest BCUT2D eigenvalue weighted by Gasteiger charge is 2.06. The van der Waals surface area contributed by atoms with Crippen LogP contribution in [-0.4, -0.2) is 5.97 Å². The van der Waals surface area contributed by atoms with Gasteiger partial charge in [-0.05, 0) is 17.7 Å². The molecule has 0 bridgehead atoms. The Balaban J connectivity index is 2.52. The van der Waals surface area contributed by atoms with Crippen molar-refractivity contribution in [3.05, 3.63) is 58.1 Å². The predicted octanol–water partition coefficient (Wildman–Crippen LogP) is 3.02. The Morgan fingerprint density at radius 3 is 2.29 bits per heavy atom. The number of aromatic carboxylic acids is 1. The van der Waals surface area contributed by atoms with E-state index < -0.39 is 5.97 Å². The highest BCUT2D eigenvalue weighted by atomic mass is 35.5. The number of hydrogen-bond acceptors (Lipinski definition) is 2. The Labute approximate surface area is 108 Å². The summed E-state index contributed by atoms with van der Waals surface area (Å²) in [6, 6.07) is 11.9. The third-order valence-electron chi connectivity index (χ3n) is 2.37. The molecule has 2 rings (SSSR count). The van der Waals surface area contributed by atoms with Crippen LogP contribution in [0.1, 0.15) is 10.4 Å². The van der Waals surface area contributed by atoms with Gasteiger partial charge in [0.1, 0.15) is 0 Å². The van der Waals surface area contributed by atoms with Gasteiger partial charge < -0.3 is 9.90 Å². The lowest BCUT2D eigenvalue weighted by Gasteiger charge is -2.09. The topological polar surface area (TPSA) is 40.1 Å². The van der Waals surface area contributed by atoms with Crippen LogP contribution in [0, 0.1) is 0 Å². The van der Waals surface area contributed by atoms with E-state index in [4.69, 9.17) is 23.2 Å². The zero-order valence-corrected chi connectivity index (χ0v) is 10.1. The summed E-state index contributed by atoms with van der Waals surface area (Å²) in [5.41, 5.74) is 1.55. The molecule has 0 heterocycles. The summed E-state index contributed by atoms with van der Waals surface area (Å²) < 4.78 is 0. The first-order valence-electron chi connectivity index (χ1n) is 4.85. The van der Waals surface area contributed by atoms with Crippen molar-refractivity contribution in [3.8, 4) is 11.1 Å². The van der Waals surface area contributed by atoms with Crippen molar-refractivity contribution < 1.29 is 9.90 Å². The van der Waals surface area contributed by atoms with Crippen molar-refractivity contribution in [1.82, 2.24) is 0 Å². The second kappa shape index (κ2) is 4.78. The van der Waals surface area contributed by atoms with E-state index in [0.717, 1.165) is 11.1 Å². The summed E-state index contributed by atoms with van der Waals surface area (Å²) >= 11 is 11.9. The minimum Gasteiger partial charge on any atom is -0.545 e. The molecule has 0 aliphatic carbocycles. The summed E-state index contributed by atoms with van der Waals surface area (Å²) in [6.07, 6.45) is 0. The lowest BCUT2D eigenvalue weighted by atomic mass is 10.0. The van der Waals surface area contributed by atoms with E-state index in [1.165, 1.54) is 6.07 Å². The average molecular weight is 266 g/mol. The Bertz CT molecular complexity index is 579. The molecule has 86 valence electrons. The van der Waals surface area contributed by atoms with E-state index in [0.29, 0.717) is 5.02 Å². The van der Waals surface area contributed by atoms with Crippen LogP contribution >= 0.6 is 23.2 Å². The molecule has 0 aromatic heterocycles. The molecule has 0 fully saturated rings. The summed E-state index contributed by atoms with van der Waals surface area (Å²) in [6.45, 7) is 0. The molecule has 0 N–H and O–H groups in total. The molecule has 0 aliphatic rings. The van der Waals surface area contributed by atoms with Gasteiger partial charge >= 0.3 is 0 Å². The Morgan fingerprint density at radius 1 is 1.00 bits per heavy atom. The fourth-order valence-corrected chi connectivity index (χ4v) is 2.05. The number of hydrogen-bond donors (Lipinski definition) is 0. The highest BCUT2D eigenvalue weighted by molar-refractivity contribution is 6.34. The quantitative estimate of drug-likeness (QED) is 0.838. The van der Waals surface area contributed by atoms with Crippen LogP contribution in [0.15, 0.2) is 42.5 Å².